The molecule has 0 N–H and O–H groups in total. The first kappa shape index (κ1) is 29.1. The molecule has 0 aromatic heterocycles. The zero-order chi connectivity index (χ0) is 27.6. The molecule has 39 heavy (non-hydrogen) atoms. The number of allylic oxidation sites excluding steroid dienone is 1. The Morgan fingerprint density at radius 2 is 1.49 bits per heavy atom. The van der Waals surface area contributed by atoms with Crippen LogP contribution in [0.4, 0.5) is 13.2 Å². The Morgan fingerprint density at radius 3 is 2.15 bits per heavy atom. The van der Waals surface area contributed by atoms with E-state index in [9.17, 15) is 8.78 Å². The minimum Gasteiger partial charge on any atom is -0.348 e. The van der Waals surface area contributed by atoms with Crippen LogP contribution in [0.3, 0.4) is 0 Å². The van der Waals surface area contributed by atoms with E-state index in [2.05, 4.69) is 13.5 Å². The summed E-state index contributed by atoms with van der Waals surface area (Å²) >= 11 is 0. The third-order valence-corrected chi connectivity index (χ3v) is 7.47. The summed E-state index contributed by atoms with van der Waals surface area (Å²) in [5.41, 5.74) is 2.85. The van der Waals surface area contributed by atoms with Crippen LogP contribution in [0.15, 0.2) is 67.3 Å². The molecule has 208 valence electrons. The van der Waals surface area contributed by atoms with Crippen molar-refractivity contribution in [2.24, 2.45) is 5.92 Å². The highest BCUT2D eigenvalue weighted by molar-refractivity contribution is 5.71. The van der Waals surface area contributed by atoms with Gasteiger partial charge in [-0.25, -0.2) is 13.2 Å². The average molecular weight is 537 g/mol. The monoisotopic (exact) mass is 536 g/mol. The van der Waals surface area contributed by atoms with Crippen LogP contribution in [0.5, 0.6) is 0 Å². The minimum atomic E-state index is -0.852. The van der Waals surface area contributed by atoms with Crippen molar-refractivity contribution in [2.75, 3.05) is 13.2 Å². The van der Waals surface area contributed by atoms with Crippen molar-refractivity contribution in [3.63, 3.8) is 0 Å². The number of ether oxygens (including phenoxy) is 2. The second kappa shape index (κ2) is 14.5. The van der Waals surface area contributed by atoms with Crippen molar-refractivity contribution >= 4 is 0 Å². The van der Waals surface area contributed by atoms with Gasteiger partial charge in [0, 0.05) is 22.6 Å². The van der Waals surface area contributed by atoms with Gasteiger partial charge in [0.05, 0.1) is 13.2 Å². The third kappa shape index (κ3) is 7.61. The lowest BCUT2D eigenvalue weighted by Crippen LogP contribution is -2.27. The van der Waals surface area contributed by atoms with Gasteiger partial charge in [0.2, 0.25) is 0 Å². The first-order valence-corrected chi connectivity index (χ1v) is 14.2. The summed E-state index contributed by atoms with van der Waals surface area (Å²) in [6.07, 6.45) is 10.3. The van der Waals surface area contributed by atoms with E-state index in [1.807, 2.05) is 12.1 Å². The van der Waals surface area contributed by atoms with E-state index in [4.69, 9.17) is 9.47 Å². The molecular weight excluding hydrogens is 497 g/mol. The molecule has 3 aromatic carbocycles. The number of halogens is 3. The Balaban J connectivity index is 1.39. The number of benzene rings is 3. The lowest BCUT2D eigenvalue weighted by Gasteiger charge is -2.29. The molecule has 0 spiro atoms. The fraction of sp³-hybridized carbons (Fsp3) is 0.412. The minimum absolute atomic E-state index is 0.194. The van der Waals surface area contributed by atoms with Gasteiger partial charge in [-0.05, 0) is 54.9 Å². The van der Waals surface area contributed by atoms with Crippen LogP contribution in [0.2, 0.25) is 0 Å². The van der Waals surface area contributed by atoms with Gasteiger partial charge in [0.25, 0.3) is 0 Å². The van der Waals surface area contributed by atoms with Crippen LogP contribution in [-0.2, 0) is 15.9 Å². The number of rotatable bonds is 13. The van der Waals surface area contributed by atoms with Crippen LogP contribution < -0.4 is 0 Å². The fourth-order valence-electron chi connectivity index (χ4n) is 5.11. The summed E-state index contributed by atoms with van der Waals surface area (Å²) in [7, 11) is 0. The Kier molecular flexibility index (Phi) is 10.8. The molecule has 0 saturated carbocycles. The van der Waals surface area contributed by atoms with Crippen LogP contribution >= 0.6 is 0 Å². The number of unbranched alkanes of at least 4 members (excludes halogenated alkanes) is 5. The summed E-state index contributed by atoms with van der Waals surface area (Å²) in [5.74, 6) is -1.65. The average Bonchev–Trinajstić information content (AvgIpc) is 2.96. The molecule has 0 bridgehead atoms. The molecule has 0 atom stereocenters. The van der Waals surface area contributed by atoms with Crippen molar-refractivity contribution in [1.82, 2.24) is 0 Å². The fourth-order valence-corrected chi connectivity index (χ4v) is 5.11. The maximum Gasteiger partial charge on any atom is 0.183 e. The smallest absolute Gasteiger partial charge is 0.183 e. The zero-order valence-corrected chi connectivity index (χ0v) is 22.9. The lowest BCUT2D eigenvalue weighted by atomic mass is 9.97. The maximum atomic E-state index is 15.1. The maximum absolute atomic E-state index is 15.1. The van der Waals surface area contributed by atoms with Gasteiger partial charge in [-0.15, -0.1) is 6.58 Å². The Hall–Kier alpha value is -2.89. The molecule has 0 amide bonds. The number of aryl methyl sites for hydroxylation is 1. The molecule has 2 nitrogen and oxygen atoms in total. The molecule has 1 fully saturated rings. The number of hydrogen-bond donors (Lipinski definition) is 0. The standard InChI is InChI=1S/C34H39F3O2/c1-3-5-7-9-11-24-22-38-34(39-23-24)28-18-19-29(31(35)21-28)25-13-15-26(16-14-25)30-20-17-27(32(36)33(30)37)12-10-8-6-4-2/h4,13-21,24,34H,2-3,5-12,22-23H2,1H3. The van der Waals surface area contributed by atoms with Crippen molar-refractivity contribution in [1.29, 1.82) is 0 Å². The molecule has 1 heterocycles. The molecular formula is C34H39F3O2. The summed E-state index contributed by atoms with van der Waals surface area (Å²) in [6, 6.07) is 15.1. The van der Waals surface area contributed by atoms with Gasteiger partial charge in [-0.3, -0.25) is 0 Å². The van der Waals surface area contributed by atoms with E-state index >= 15 is 4.39 Å². The van der Waals surface area contributed by atoms with Crippen LogP contribution in [0, 0.1) is 23.4 Å². The molecule has 0 unspecified atom stereocenters. The van der Waals surface area contributed by atoms with Crippen molar-refractivity contribution < 1.29 is 22.6 Å². The zero-order valence-electron chi connectivity index (χ0n) is 22.9. The van der Waals surface area contributed by atoms with Gasteiger partial charge < -0.3 is 9.47 Å². The molecule has 1 aliphatic heterocycles. The third-order valence-electron chi connectivity index (χ3n) is 7.47. The van der Waals surface area contributed by atoms with E-state index in [-0.39, 0.29) is 11.4 Å². The number of hydrogen-bond acceptors (Lipinski definition) is 2. The highest BCUT2D eigenvalue weighted by Gasteiger charge is 2.24. The van der Waals surface area contributed by atoms with Gasteiger partial charge in [0.15, 0.2) is 17.9 Å². The van der Waals surface area contributed by atoms with Gasteiger partial charge in [-0.1, -0.05) is 87.2 Å². The second-order valence-electron chi connectivity index (χ2n) is 10.5. The van der Waals surface area contributed by atoms with Gasteiger partial charge >= 0.3 is 0 Å². The van der Waals surface area contributed by atoms with Gasteiger partial charge in [0.1, 0.15) is 5.82 Å². The Labute approximate surface area is 230 Å². The quantitative estimate of drug-likeness (QED) is 0.160. The Morgan fingerprint density at radius 1 is 0.795 bits per heavy atom. The van der Waals surface area contributed by atoms with Crippen LogP contribution in [0.25, 0.3) is 22.3 Å². The summed E-state index contributed by atoms with van der Waals surface area (Å²) in [6.45, 7) is 7.13. The van der Waals surface area contributed by atoms with Crippen molar-refractivity contribution in [3.8, 4) is 22.3 Å². The second-order valence-corrected chi connectivity index (χ2v) is 10.5. The molecule has 5 heteroatoms. The molecule has 3 aromatic rings. The van der Waals surface area contributed by atoms with Crippen LogP contribution in [-0.4, -0.2) is 13.2 Å². The summed E-state index contributed by atoms with van der Waals surface area (Å²) < 4.78 is 56.5. The van der Waals surface area contributed by atoms with E-state index in [1.165, 1.54) is 31.7 Å². The summed E-state index contributed by atoms with van der Waals surface area (Å²) in [4.78, 5) is 0. The summed E-state index contributed by atoms with van der Waals surface area (Å²) in [5, 5.41) is 0. The molecule has 1 saturated heterocycles. The topological polar surface area (TPSA) is 18.5 Å². The van der Waals surface area contributed by atoms with Crippen molar-refractivity contribution in [3.05, 3.63) is 95.8 Å². The predicted octanol–water partition coefficient (Wildman–Crippen LogP) is 9.97. The van der Waals surface area contributed by atoms with E-state index in [1.54, 1.807) is 42.5 Å². The predicted molar refractivity (Wildman–Crippen MR) is 152 cm³/mol. The molecule has 0 aliphatic carbocycles. The van der Waals surface area contributed by atoms with Crippen molar-refractivity contribution in [2.45, 2.75) is 71.0 Å². The lowest BCUT2D eigenvalue weighted by molar-refractivity contribution is -0.206. The molecule has 1 aliphatic rings. The highest BCUT2D eigenvalue weighted by atomic mass is 19.2. The highest BCUT2D eigenvalue weighted by Crippen LogP contribution is 2.33. The van der Waals surface area contributed by atoms with Gasteiger partial charge in [-0.2, -0.15) is 0 Å². The normalized spacial score (nSPS) is 17.3. The van der Waals surface area contributed by atoms with Crippen LogP contribution in [0.1, 0.15) is 75.7 Å². The Bertz CT molecular complexity index is 1210. The van der Waals surface area contributed by atoms with E-state index in [0.717, 1.165) is 25.7 Å². The first-order valence-electron chi connectivity index (χ1n) is 14.2. The molecule has 4 rings (SSSR count). The van der Waals surface area contributed by atoms with E-state index < -0.39 is 17.9 Å². The van der Waals surface area contributed by atoms with E-state index in [0.29, 0.717) is 53.4 Å². The SMILES string of the molecule is C=CCCCCc1ccc(-c2ccc(-c3ccc(C4OCC(CCCCCC)CO4)cc3F)cc2)c(F)c1F. The first-order chi connectivity index (χ1) is 19.0. The molecule has 0 radical (unpaired) electrons. The largest absolute Gasteiger partial charge is 0.348 e.